The maximum absolute atomic E-state index is 13.8. The fraction of sp³-hybridized carbons (Fsp3) is 0.314. The number of ether oxygens (including phenoxy) is 2. The SMILES string of the molecule is CC(C)(C)OP(=O)(OCOc1ccc(-c2coc3cc(OCc4coc(-c5cc(F)cc(C(F)(F)F)c5)n4)ccc3c2=O)cc1)OC(C)(C)C. The molecule has 5 rings (SSSR count). The Balaban J connectivity index is 1.23. The lowest BCUT2D eigenvalue weighted by Gasteiger charge is -2.30. The van der Waals surface area contributed by atoms with Crippen LogP contribution in [0.5, 0.6) is 11.5 Å². The maximum atomic E-state index is 13.8. The molecule has 0 aliphatic heterocycles. The van der Waals surface area contributed by atoms with Gasteiger partial charge in [0.1, 0.15) is 47.7 Å². The molecule has 0 fully saturated rings. The molecule has 10 nitrogen and oxygen atoms in total. The van der Waals surface area contributed by atoms with E-state index in [-0.39, 0.29) is 45.7 Å². The van der Waals surface area contributed by atoms with Gasteiger partial charge in [0.2, 0.25) is 5.89 Å². The molecule has 0 aliphatic rings. The van der Waals surface area contributed by atoms with Gasteiger partial charge in [-0.1, -0.05) is 12.1 Å². The van der Waals surface area contributed by atoms with Gasteiger partial charge in [0.15, 0.2) is 12.2 Å². The van der Waals surface area contributed by atoms with Crippen molar-refractivity contribution in [2.45, 2.75) is 65.5 Å². The molecular weight excluding hydrogens is 685 g/mol. The van der Waals surface area contributed by atoms with E-state index < -0.39 is 43.4 Å². The van der Waals surface area contributed by atoms with Crippen LogP contribution >= 0.6 is 7.82 Å². The van der Waals surface area contributed by atoms with Crippen LogP contribution in [-0.4, -0.2) is 23.0 Å². The Labute approximate surface area is 284 Å². The minimum Gasteiger partial charge on any atom is -0.487 e. The van der Waals surface area contributed by atoms with Crippen LogP contribution in [0.15, 0.2) is 86.8 Å². The van der Waals surface area contributed by atoms with E-state index in [0.717, 1.165) is 12.1 Å². The molecule has 266 valence electrons. The van der Waals surface area contributed by atoms with Crippen molar-refractivity contribution in [2.75, 3.05) is 6.79 Å². The zero-order valence-electron chi connectivity index (χ0n) is 27.9. The molecule has 0 saturated carbocycles. The van der Waals surface area contributed by atoms with Gasteiger partial charge in [-0.15, -0.1) is 0 Å². The molecule has 0 bridgehead atoms. The lowest BCUT2D eigenvalue weighted by atomic mass is 10.1. The normalized spacial score (nSPS) is 12.8. The second kappa shape index (κ2) is 14.0. The fourth-order valence-corrected chi connectivity index (χ4v) is 6.24. The van der Waals surface area contributed by atoms with Gasteiger partial charge >= 0.3 is 14.0 Å². The lowest BCUT2D eigenvalue weighted by molar-refractivity contribution is -0.137. The van der Waals surface area contributed by atoms with Crippen LogP contribution in [0.1, 0.15) is 52.8 Å². The van der Waals surface area contributed by atoms with E-state index in [2.05, 4.69) is 4.98 Å². The van der Waals surface area contributed by atoms with Crippen LogP contribution in [-0.2, 0) is 30.9 Å². The number of halogens is 4. The topological polar surface area (TPSA) is 119 Å². The summed E-state index contributed by atoms with van der Waals surface area (Å²) in [5, 5.41) is 0.285. The Morgan fingerprint density at radius 2 is 1.44 bits per heavy atom. The van der Waals surface area contributed by atoms with Gasteiger partial charge < -0.3 is 18.3 Å². The number of benzene rings is 3. The number of rotatable bonds is 11. The Kier molecular flexibility index (Phi) is 10.3. The Morgan fingerprint density at radius 1 is 0.780 bits per heavy atom. The number of alkyl halides is 3. The second-order valence-corrected chi connectivity index (χ2v) is 14.6. The monoisotopic (exact) mass is 719 g/mol. The lowest BCUT2D eigenvalue weighted by Crippen LogP contribution is -2.25. The number of hydrogen-bond acceptors (Lipinski definition) is 10. The summed E-state index contributed by atoms with van der Waals surface area (Å²) in [6.07, 6.45) is -2.24. The average molecular weight is 720 g/mol. The highest BCUT2D eigenvalue weighted by Crippen LogP contribution is 2.55. The largest absolute Gasteiger partial charge is 0.487 e. The van der Waals surface area contributed by atoms with Crippen molar-refractivity contribution in [1.82, 2.24) is 4.98 Å². The van der Waals surface area contributed by atoms with Gasteiger partial charge in [-0.2, -0.15) is 13.2 Å². The summed E-state index contributed by atoms with van der Waals surface area (Å²) in [5.74, 6) is -0.597. The summed E-state index contributed by atoms with van der Waals surface area (Å²) in [6.45, 7) is 9.80. The van der Waals surface area contributed by atoms with Crippen LogP contribution < -0.4 is 14.9 Å². The van der Waals surface area contributed by atoms with Crippen LogP contribution in [0.2, 0.25) is 0 Å². The van der Waals surface area contributed by atoms with Crippen molar-refractivity contribution in [2.24, 2.45) is 0 Å². The van der Waals surface area contributed by atoms with Gasteiger partial charge in [0.05, 0.1) is 27.7 Å². The first-order valence-electron chi connectivity index (χ1n) is 15.2. The standard InChI is InChI=1S/C35H34F4NO9P/c1-33(2,3)48-50(42,49-34(4,5)6)47-20-46-26-9-7-21(8-10-26)29-19-44-30-16-27(11-12-28(30)31(29)41)43-17-25-18-45-32(40-25)22-13-23(35(37,38)39)15-24(36)14-22/h7-16,18-19H,17,20H2,1-6H3. The van der Waals surface area contributed by atoms with Crippen molar-refractivity contribution in [3.05, 3.63) is 100 Å². The Bertz CT molecular complexity index is 2060. The molecule has 3 aromatic carbocycles. The molecule has 0 radical (unpaired) electrons. The average Bonchev–Trinajstić information content (AvgIpc) is 3.47. The van der Waals surface area contributed by atoms with Crippen molar-refractivity contribution < 1.29 is 54.0 Å². The highest BCUT2D eigenvalue weighted by Gasteiger charge is 2.37. The van der Waals surface area contributed by atoms with Gasteiger partial charge in [-0.3, -0.25) is 13.8 Å². The first-order chi connectivity index (χ1) is 23.3. The van der Waals surface area contributed by atoms with Crippen molar-refractivity contribution in [3.8, 4) is 34.1 Å². The molecule has 0 spiro atoms. The second-order valence-electron chi connectivity index (χ2n) is 13.1. The molecule has 2 heterocycles. The van der Waals surface area contributed by atoms with Gasteiger partial charge in [-0.05, 0) is 89.6 Å². The van der Waals surface area contributed by atoms with Crippen LogP contribution in [0, 0.1) is 5.82 Å². The van der Waals surface area contributed by atoms with Crippen molar-refractivity contribution in [1.29, 1.82) is 0 Å². The van der Waals surface area contributed by atoms with Crippen molar-refractivity contribution in [3.63, 3.8) is 0 Å². The first kappa shape index (κ1) is 36.8. The smallest absolute Gasteiger partial charge is 0.478 e. The number of nitrogens with zero attached hydrogens (tertiary/aromatic N) is 1. The number of fused-ring (bicyclic) bond motifs is 1. The van der Waals surface area contributed by atoms with E-state index in [9.17, 15) is 26.9 Å². The zero-order chi connectivity index (χ0) is 36.5. The summed E-state index contributed by atoms with van der Waals surface area (Å²) in [7, 11) is -3.97. The molecule has 0 amide bonds. The summed E-state index contributed by atoms with van der Waals surface area (Å²) in [4.78, 5) is 17.4. The number of hydrogen-bond donors (Lipinski definition) is 0. The number of phosphoric acid groups is 1. The van der Waals surface area contributed by atoms with Crippen LogP contribution in [0.25, 0.3) is 33.6 Å². The van der Waals surface area contributed by atoms with E-state index >= 15 is 0 Å². The molecule has 0 unspecified atom stereocenters. The van der Waals surface area contributed by atoms with Gasteiger partial charge in [0, 0.05) is 11.6 Å². The van der Waals surface area contributed by atoms with E-state index in [0.29, 0.717) is 23.1 Å². The molecule has 5 aromatic rings. The van der Waals surface area contributed by atoms with Gasteiger partial charge in [0.25, 0.3) is 0 Å². The maximum Gasteiger partial charge on any atom is 0.478 e. The van der Waals surface area contributed by atoms with E-state index in [1.54, 1.807) is 71.9 Å². The number of oxazole rings is 1. The highest BCUT2D eigenvalue weighted by molar-refractivity contribution is 7.48. The quantitative estimate of drug-likeness (QED) is 0.0741. The van der Waals surface area contributed by atoms with Gasteiger partial charge in [-0.25, -0.2) is 18.5 Å². The number of aromatic nitrogens is 1. The molecular formula is C35H34F4NO9P. The third-order valence-corrected chi connectivity index (χ3v) is 8.49. The number of phosphoric ester groups is 1. The van der Waals surface area contributed by atoms with Crippen molar-refractivity contribution >= 4 is 18.8 Å². The fourth-order valence-electron chi connectivity index (χ4n) is 4.57. The Morgan fingerprint density at radius 3 is 2.08 bits per heavy atom. The first-order valence-corrected chi connectivity index (χ1v) is 16.6. The summed E-state index contributed by atoms with van der Waals surface area (Å²) < 4.78 is 105. The molecule has 2 aromatic heterocycles. The molecule has 50 heavy (non-hydrogen) atoms. The summed E-state index contributed by atoms with van der Waals surface area (Å²) >= 11 is 0. The third kappa shape index (κ3) is 9.60. The minimum absolute atomic E-state index is 0.136. The molecule has 0 atom stereocenters. The predicted molar refractivity (Wildman–Crippen MR) is 175 cm³/mol. The molecule has 15 heteroatoms. The summed E-state index contributed by atoms with van der Waals surface area (Å²) in [5.41, 5.74) is -1.93. The van der Waals surface area contributed by atoms with E-state index in [1.165, 1.54) is 24.7 Å². The third-order valence-electron chi connectivity index (χ3n) is 6.53. The molecule has 0 aliphatic carbocycles. The Hall–Kier alpha value is -4.49. The van der Waals surface area contributed by atoms with Crippen LogP contribution in [0.4, 0.5) is 17.6 Å². The highest BCUT2D eigenvalue weighted by atomic mass is 31.2. The predicted octanol–water partition coefficient (Wildman–Crippen LogP) is 9.94. The van der Waals surface area contributed by atoms with E-state index in [1.807, 2.05) is 0 Å². The van der Waals surface area contributed by atoms with Crippen LogP contribution in [0.3, 0.4) is 0 Å². The summed E-state index contributed by atoms with van der Waals surface area (Å²) in [6, 6.07) is 13.1. The zero-order valence-corrected chi connectivity index (χ0v) is 28.8. The minimum atomic E-state index is -4.74. The molecule has 0 saturated heterocycles. The van der Waals surface area contributed by atoms with E-state index in [4.69, 9.17) is 31.9 Å². The molecule has 0 N–H and O–H groups in total.